The number of rotatable bonds is 8. The van der Waals surface area contributed by atoms with Crippen LogP contribution in [-0.4, -0.2) is 32.2 Å². The number of fused-ring (bicyclic) bond motifs is 1. The largest absolute Gasteiger partial charge is 0.329 e. The molecule has 0 aliphatic rings. The molecule has 0 aliphatic carbocycles. The molecule has 150 valence electrons. The highest BCUT2D eigenvalue weighted by atomic mass is 35.5. The number of imidazole rings is 1. The van der Waals surface area contributed by atoms with Crippen molar-refractivity contribution in [1.29, 1.82) is 0 Å². The minimum Gasteiger partial charge on any atom is -0.329 e. The summed E-state index contributed by atoms with van der Waals surface area (Å²) in [6, 6.07) is 7.58. The molecule has 0 amide bonds. The Balaban J connectivity index is 2.17. The number of H-pyrrole nitrogens is 1. The molecule has 2 heterocycles. The van der Waals surface area contributed by atoms with Crippen LogP contribution in [0.3, 0.4) is 0 Å². The summed E-state index contributed by atoms with van der Waals surface area (Å²) in [6.45, 7) is 7.50. The van der Waals surface area contributed by atoms with E-state index in [4.69, 9.17) is 16.6 Å². The number of aromatic amines is 1. The first-order valence-corrected chi connectivity index (χ1v) is 10.1. The second-order valence-electron chi connectivity index (χ2n) is 7.12. The van der Waals surface area contributed by atoms with Crippen LogP contribution < -0.4 is 16.1 Å². The van der Waals surface area contributed by atoms with Crippen molar-refractivity contribution in [3.8, 4) is 0 Å². The molecule has 0 saturated heterocycles. The second-order valence-corrected chi connectivity index (χ2v) is 7.53. The molecule has 0 fully saturated rings. The molecule has 2 aromatic heterocycles. The second kappa shape index (κ2) is 8.75. The fraction of sp³-hybridized carbons (Fsp3) is 0.450. The standard InChI is InChI=1S/C20H26ClN5O2/c1-4-10-25(11-5-2)13-16-22-18-17(19(27)23-20(28)24(18)3)26(16)12-14-8-6-7-9-15(14)21/h6-9H,4-5,10-13H2,1-3H3,(H,23,27,28)/p+1. The molecule has 3 rings (SSSR count). The summed E-state index contributed by atoms with van der Waals surface area (Å²) in [6.07, 6.45) is 2.14. The van der Waals surface area contributed by atoms with Gasteiger partial charge in [0, 0.05) is 12.1 Å². The Morgan fingerprint density at radius 1 is 1.14 bits per heavy atom. The fourth-order valence-corrected chi connectivity index (χ4v) is 3.81. The minimum absolute atomic E-state index is 0.406. The first-order chi connectivity index (χ1) is 13.5. The molecular weight excluding hydrogens is 378 g/mol. The zero-order chi connectivity index (χ0) is 20.3. The molecule has 3 aromatic rings. The van der Waals surface area contributed by atoms with Crippen molar-refractivity contribution in [3.63, 3.8) is 0 Å². The van der Waals surface area contributed by atoms with Crippen molar-refractivity contribution in [2.45, 2.75) is 39.8 Å². The number of nitrogens with zero attached hydrogens (tertiary/aromatic N) is 3. The predicted molar refractivity (Wildman–Crippen MR) is 111 cm³/mol. The Bertz CT molecular complexity index is 1080. The zero-order valence-corrected chi connectivity index (χ0v) is 17.3. The highest BCUT2D eigenvalue weighted by molar-refractivity contribution is 6.31. The Labute approximate surface area is 168 Å². The molecule has 0 spiro atoms. The van der Waals surface area contributed by atoms with Crippen LogP contribution in [0, 0.1) is 0 Å². The summed E-state index contributed by atoms with van der Waals surface area (Å²) < 4.78 is 3.29. The molecule has 0 radical (unpaired) electrons. The number of nitrogens with one attached hydrogen (secondary N) is 2. The van der Waals surface area contributed by atoms with E-state index in [9.17, 15) is 9.59 Å². The van der Waals surface area contributed by atoms with Crippen molar-refractivity contribution < 1.29 is 4.90 Å². The van der Waals surface area contributed by atoms with E-state index in [1.54, 1.807) is 7.05 Å². The number of halogens is 1. The highest BCUT2D eigenvalue weighted by Gasteiger charge is 2.21. The van der Waals surface area contributed by atoms with E-state index in [0.29, 0.717) is 29.3 Å². The molecule has 0 aliphatic heterocycles. The Kier molecular flexibility index (Phi) is 6.36. The SMILES string of the molecule is CCC[NH+](CCC)Cc1nc2c(c(=O)[nH]c(=O)n2C)n1Cc1ccccc1Cl. The van der Waals surface area contributed by atoms with E-state index < -0.39 is 11.2 Å². The number of benzene rings is 1. The maximum atomic E-state index is 12.6. The maximum absolute atomic E-state index is 12.6. The van der Waals surface area contributed by atoms with Crippen molar-refractivity contribution in [2.24, 2.45) is 7.05 Å². The van der Waals surface area contributed by atoms with Gasteiger partial charge in [-0.05, 0) is 24.5 Å². The molecule has 2 N–H and O–H groups in total. The summed E-state index contributed by atoms with van der Waals surface area (Å²) in [5.41, 5.74) is 0.840. The van der Waals surface area contributed by atoms with Crippen molar-refractivity contribution >= 4 is 22.8 Å². The molecule has 0 bridgehead atoms. The van der Waals surface area contributed by atoms with Gasteiger partial charge in [0.1, 0.15) is 6.54 Å². The summed E-state index contributed by atoms with van der Waals surface area (Å²) in [5.74, 6) is 0.790. The van der Waals surface area contributed by atoms with E-state index >= 15 is 0 Å². The van der Waals surface area contributed by atoms with Crippen LogP contribution in [0.4, 0.5) is 0 Å². The third-order valence-electron chi connectivity index (χ3n) is 4.99. The van der Waals surface area contributed by atoms with Crippen molar-refractivity contribution in [1.82, 2.24) is 19.1 Å². The Morgan fingerprint density at radius 3 is 2.46 bits per heavy atom. The van der Waals surface area contributed by atoms with Gasteiger partial charge in [0.15, 0.2) is 17.0 Å². The average molecular weight is 405 g/mol. The molecule has 28 heavy (non-hydrogen) atoms. The topological polar surface area (TPSA) is 77.1 Å². The van der Waals surface area contributed by atoms with Gasteiger partial charge < -0.3 is 9.47 Å². The molecule has 8 heteroatoms. The quantitative estimate of drug-likeness (QED) is 0.594. The number of aryl methyl sites for hydroxylation is 1. The molecule has 0 unspecified atom stereocenters. The maximum Gasteiger partial charge on any atom is 0.329 e. The molecule has 7 nitrogen and oxygen atoms in total. The van der Waals surface area contributed by atoms with Gasteiger partial charge in [-0.2, -0.15) is 0 Å². The lowest BCUT2D eigenvalue weighted by atomic mass is 10.2. The molecule has 0 saturated carbocycles. The lowest BCUT2D eigenvalue weighted by Gasteiger charge is -2.18. The average Bonchev–Trinajstić information content (AvgIpc) is 3.01. The first-order valence-electron chi connectivity index (χ1n) is 9.71. The van der Waals surface area contributed by atoms with Crippen LogP contribution >= 0.6 is 11.6 Å². The number of hydrogen-bond donors (Lipinski definition) is 2. The summed E-state index contributed by atoms with van der Waals surface area (Å²) in [4.78, 5) is 33.2. The third kappa shape index (κ3) is 4.05. The normalized spacial score (nSPS) is 11.6. The highest BCUT2D eigenvalue weighted by Crippen LogP contribution is 2.19. The Hall–Kier alpha value is -2.38. The van der Waals surface area contributed by atoms with Crippen LogP contribution in [0.5, 0.6) is 0 Å². The van der Waals surface area contributed by atoms with Gasteiger partial charge >= 0.3 is 5.69 Å². The van der Waals surface area contributed by atoms with Crippen molar-refractivity contribution in [3.05, 3.63) is 61.5 Å². The molecule has 0 atom stereocenters. The van der Waals surface area contributed by atoms with Gasteiger partial charge in [-0.25, -0.2) is 9.78 Å². The predicted octanol–water partition coefficient (Wildman–Crippen LogP) is 1.33. The summed E-state index contributed by atoms with van der Waals surface area (Å²) in [5, 5.41) is 0.642. The molecule has 1 aromatic carbocycles. The van der Waals surface area contributed by atoms with Crippen LogP contribution in [0.1, 0.15) is 38.1 Å². The van der Waals surface area contributed by atoms with Gasteiger partial charge in [0.25, 0.3) is 5.56 Å². The smallest absolute Gasteiger partial charge is 0.329 e. The fourth-order valence-electron chi connectivity index (χ4n) is 3.61. The van der Waals surface area contributed by atoms with Gasteiger partial charge in [0.05, 0.1) is 19.6 Å². The lowest BCUT2D eigenvalue weighted by Crippen LogP contribution is -3.10. The van der Waals surface area contributed by atoms with Crippen LogP contribution in [0.2, 0.25) is 5.02 Å². The van der Waals surface area contributed by atoms with Gasteiger partial charge in [-0.15, -0.1) is 0 Å². The number of aromatic nitrogens is 4. The van der Waals surface area contributed by atoms with Crippen LogP contribution in [-0.2, 0) is 20.1 Å². The van der Waals surface area contributed by atoms with E-state index in [1.165, 1.54) is 9.47 Å². The van der Waals surface area contributed by atoms with Crippen molar-refractivity contribution in [2.75, 3.05) is 13.1 Å². The van der Waals surface area contributed by atoms with Gasteiger partial charge in [0.2, 0.25) is 0 Å². The van der Waals surface area contributed by atoms with Crippen LogP contribution in [0.15, 0.2) is 33.9 Å². The minimum atomic E-state index is -0.460. The van der Waals surface area contributed by atoms with E-state index in [-0.39, 0.29) is 0 Å². The van der Waals surface area contributed by atoms with Gasteiger partial charge in [-0.1, -0.05) is 43.6 Å². The number of hydrogen-bond acceptors (Lipinski definition) is 3. The number of quaternary nitrogens is 1. The first kappa shape index (κ1) is 20.4. The van der Waals surface area contributed by atoms with E-state index in [2.05, 4.69) is 18.8 Å². The monoisotopic (exact) mass is 404 g/mol. The lowest BCUT2D eigenvalue weighted by molar-refractivity contribution is -0.914. The van der Waals surface area contributed by atoms with E-state index in [1.807, 2.05) is 28.8 Å². The Morgan fingerprint density at radius 2 is 1.82 bits per heavy atom. The molecular formula is C20H27ClN5O2+. The van der Waals surface area contributed by atoms with Crippen LogP contribution in [0.25, 0.3) is 11.2 Å². The third-order valence-corrected chi connectivity index (χ3v) is 5.36. The zero-order valence-electron chi connectivity index (χ0n) is 16.6. The summed E-state index contributed by atoms with van der Waals surface area (Å²) >= 11 is 6.37. The van der Waals surface area contributed by atoms with Gasteiger partial charge in [-0.3, -0.25) is 14.3 Å². The summed E-state index contributed by atoms with van der Waals surface area (Å²) in [7, 11) is 1.62. The van der Waals surface area contributed by atoms with E-state index in [0.717, 1.165) is 37.3 Å².